The summed E-state index contributed by atoms with van der Waals surface area (Å²) >= 11 is 6.14. The Labute approximate surface area is 152 Å². The molecule has 1 N–H and O–H groups in total. The molecule has 1 amide bonds. The first kappa shape index (κ1) is 17.5. The maximum atomic E-state index is 12.7. The van der Waals surface area contributed by atoms with Crippen molar-refractivity contribution in [3.05, 3.63) is 40.7 Å². The number of carbonyl (C=O) groups excluding carboxylic acids is 1. The number of anilines is 2. The highest BCUT2D eigenvalue weighted by atomic mass is 35.5. The molecule has 25 heavy (non-hydrogen) atoms. The summed E-state index contributed by atoms with van der Waals surface area (Å²) in [6.07, 6.45) is 3.27. The number of piperidine rings is 1. The summed E-state index contributed by atoms with van der Waals surface area (Å²) in [5.41, 5.74) is 1.88. The Bertz CT molecular complexity index is 776. The van der Waals surface area contributed by atoms with Gasteiger partial charge in [0.2, 0.25) is 5.95 Å². The number of rotatable bonds is 4. The van der Waals surface area contributed by atoms with Crippen molar-refractivity contribution in [3.63, 3.8) is 0 Å². The lowest BCUT2D eigenvalue weighted by Gasteiger charge is -2.26. The van der Waals surface area contributed by atoms with E-state index in [9.17, 15) is 4.79 Å². The fourth-order valence-electron chi connectivity index (χ4n) is 2.87. The molecule has 0 aliphatic carbocycles. The van der Waals surface area contributed by atoms with Gasteiger partial charge in [-0.2, -0.15) is 0 Å². The van der Waals surface area contributed by atoms with E-state index in [1.165, 1.54) is 6.42 Å². The zero-order valence-electron chi connectivity index (χ0n) is 14.4. The molecule has 7 heteroatoms. The highest BCUT2D eigenvalue weighted by molar-refractivity contribution is 6.32. The summed E-state index contributed by atoms with van der Waals surface area (Å²) < 4.78 is 5.15. The van der Waals surface area contributed by atoms with E-state index in [1.54, 1.807) is 25.3 Å². The van der Waals surface area contributed by atoms with Crippen molar-refractivity contribution in [3.8, 4) is 5.75 Å². The molecule has 1 fully saturated rings. The number of aromatic nitrogens is 2. The van der Waals surface area contributed by atoms with Crippen LogP contribution in [0.4, 0.5) is 11.6 Å². The third-order valence-corrected chi connectivity index (χ3v) is 4.42. The average molecular weight is 361 g/mol. The molecule has 0 saturated carbocycles. The van der Waals surface area contributed by atoms with Crippen LogP contribution in [0.1, 0.15) is 35.4 Å². The Kier molecular flexibility index (Phi) is 5.38. The fraction of sp³-hybridized carbons (Fsp3) is 0.389. The number of ether oxygens (including phenoxy) is 1. The first-order valence-corrected chi connectivity index (χ1v) is 8.70. The molecule has 1 saturated heterocycles. The lowest BCUT2D eigenvalue weighted by Crippen LogP contribution is -2.36. The van der Waals surface area contributed by atoms with Crippen molar-refractivity contribution in [1.29, 1.82) is 0 Å². The molecular formula is C18H21ClN4O2. The number of nitrogens with one attached hydrogen (secondary N) is 1. The van der Waals surface area contributed by atoms with Gasteiger partial charge in [-0.05, 0) is 50.5 Å². The Morgan fingerprint density at radius 3 is 2.64 bits per heavy atom. The third kappa shape index (κ3) is 4.20. The molecule has 2 heterocycles. The summed E-state index contributed by atoms with van der Waals surface area (Å²) in [6, 6.07) is 7.05. The molecule has 0 bridgehead atoms. The number of nitrogens with zero attached hydrogens (tertiary/aromatic N) is 3. The van der Waals surface area contributed by atoms with Crippen molar-refractivity contribution >= 4 is 29.1 Å². The molecule has 2 aromatic rings. The summed E-state index contributed by atoms with van der Waals surface area (Å²) in [6.45, 7) is 3.43. The van der Waals surface area contributed by atoms with Gasteiger partial charge >= 0.3 is 0 Å². The van der Waals surface area contributed by atoms with Crippen molar-refractivity contribution in [1.82, 2.24) is 14.9 Å². The Balaban J connectivity index is 1.81. The molecule has 1 aliphatic heterocycles. The van der Waals surface area contributed by atoms with Crippen LogP contribution in [0.25, 0.3) is 0 Å². The molecule has 0 unspecified atom stereocenters. The topological polar surface area (TPSA) is 67.3 Å². The van der Waals surface area contributed by atoms with Gasteiger partial charge in [-0.15, -0.1) is 0 Å². The maximum Gasteiger partial charge on any atom is 0.272 e. The molecule has 1 aliphatic rings. The van der Waals surface area contributed by atoms with E-state index >= 15 is 0 Å². The third-order valence-electron chi connectivity index (χ3n) is 4.12. The number of likely N-dealkylation sites (tertiary alicyclic amines) is 1. The van der Waals surface area contributed by atoms with E-state index in [4.69, 9.17) is 16.3 Å². The number of hydrogen-bond donors (Lipinski definition) is 1. The minimum Gasteiger partial charge on any atom is -0.495 e. The van der Waals surface area contributed by atoms with E-state index in [1.807, 2.05) is 17.9 Å². The zero-order chi connectivity index (χ0) is 17.8. The predicted octanol–water partition coefficient (Wildman–Crippen LogP) is 3.82. The zero-order valence-corrected chi connectivity index (χ0v) is 15.1. The minimum absolute atomic E-state index is 0.0407. The number of hydrogen-bond acceptors (Lipinski definition) is 5. The van der Waals surface area contributed by atoms with Crippen LogP contribution in [0.5, 0.6) is 5.75 Å². The molecule has 132 valence electrons. The lowest BCUT2D eigenvalue weighted by molar-refractivity contribution is 0.0718. The van der Waals surface area contributed by atoms with Gasteiger partial charge in [-0.1, -0.05) is 11.6 Å². The Morgan fingerprint density at radius 2 is 1.96 bits per heavy atom. The summed E-state index contributed by atoms with van der Waals surface area (Å²) in [4.78, 5) is 23.3. The van der Waals surface area contributed by atoms with Gasteiger partial charge in [0.05, 0.1) is 12.1 Å². The lowest BCUT2D eigenvalue weighted by atomic mass is 10.1. The van der Waals surface area contributed by atoms with Gasteiger partial charge in [0, 0.05) is 24.5 Å². The van der Waals surface area contributed by atoms with Gasteiger partial charge < -0.3 is 15.0 Å². The number of benzene rings is 1. The SMILES string of the molecule is COc1ccc(Nc2nc(C)cc(C(=O)N3CCCCC3)n2)cc1Cl. The van der Waals surface area contributed by atoms with Gasteiger partial charge in [0.1, 0.15) is 11.4 Å². The first-order chi connectivity index (χ1) is 12.1. The largest absolute Gasteiger partial charge is 0.495 e. The van der Waals surface area contributed by atoms with Crippen molar-refractivity contribution in [2.24, 2.45) is 0 Å². The molecule has 6 nitrogen and oxygen atoms in total. The summed E-state index contributed by atoms with van der Waals surface area (Å²) in [5, 5.41) is 3.59. The molecule has 3 rings (SSSR count). The average Bonchev–Trinajstić information content (AvgIpc) is 2.61. The summed E-state index contributed by atoms with van der Waals surface area (Å²) in [7, 11) is 1.57. The molecule has 0 atom stereocenters. The molecular weight excluding hydrogens is 340 g/mol. The van der Waals surface area contributed by atoms with Crippen molar-refractivity contribution in [2.75, 3.05) is 25.5 Å². The van der Waals surface area contributed by atoms with Crippen molar-refractivity contribution in [2.45, 2.75) is 26.2 Å². The van der Waals surface area contributed by atoms with E-state index < -0.39 is 0 Å². The van der Waals surface area contributed by atoms with Crippen LogP contribution in [0.3, 0.4) is 0 Å². The monoisotopic (exact) mass is 360 g/mol. The number of aryl methyl sites for hydroxylation is 1. The minimum atomic E-state index is -0.0407. The van der Waals surface area contributed by atoms with Crippen LogP contribution in [-0.2, 0) is 0 Å². The van der Waals surface area contributed by atoms with Crippen LogP contribution in [0.15, 0.2) is 24.3 Å². The highest BCUT2D eigenvalue weighted by Crippen LogP contribution is 2.28. The number of methoxy groups -OCH3 is 1. The van der Waals surface area contributed by atoms with Gasteiger partial charge in [-0.3, -0.25) is 4.79 Å². The van der Waals surface area contributed by atoms with Gasteiger partial charge in [0.25, 0.3) is 5.91 Å². The number of halogens is 1. The highest BCUT2D eigenvalue weighted by Gasteiger charge is 2.20. The van der Waals surface area contributed by atoms with E-state index in [0.717, 1.165) is 37.3 Å². The predicted molar refractivity (Wildman–Crippen MR) is 97.8 cm³/mol. The second-order valence-electron chi connectivity index (χ2n) is 6.05. The van der Waals surface area contributed by atoms with Gasteiger partial charge in [0.15, 0.2) is 0 Å². The molecule has 1 aromatic heterocycles. The smallest absolute Gasteiger partial charge is 0.272 e. The number of amides is 1. The second kappa shape index (κ2) is 7.70. The van der Waals surface area contributed by atoms with E-state index in [-0.39, 0.29) is 5.91 Å². The first-order valence-electron chi connectivity index (χ1n) is 8.32. The maximum absolute atomic E-state index is 12.7. The molecule has 0 radical (unpaired) electrons. The normalized spacial score (nSPS) is 14.3. The van der Waals surface area contributed by atoms with Crippen molar-refractivity contribution < 1.29 is 9.53 Å². The van der Waals surface area contributed by atoms with Crippen LogP contribution in [0, 0.1) is 6.92 Å². The van der Waals surface area contributed by atoms with E-state index in [2.05, 4.69) is 15.3 Å². The summed E-state index contributed by atoms with van der Waals surface area (Å²) in [5.74, 6) is 0.931. The number of carbonyl (C=O) groups is 1. The molecule has 1 aromatic carbocycles. The Hall–Kier alpha value is -2.34. The quantitative estimate of drug-likeness (QED) is 0.897. The van der Waals surface area contributed by atoms with Crippen LogP contribution < -0.4 is 10.1 Å². The van der Waals surface area contributed by atoms with Crippen LogP contribution >= 0.6 is 11.6 Å². The standard InChI is InChI=1S/C18H21ClN4O2/c1-12-10-15(17(24)23-8-4-3-5-9-23)22-18(20-12)21-13-6-7-16(25-2)14(19)11-13/h6-7,10-11H,3-5,8-9H2,1-2H3,(H,20,21,22). The fourth-order valence-corrected chi connectivity index (χ4v) is 3.12. The Morgan fingerprint density at radius 1 is 1.20 bits per heavy atom. The van der Waals surface area contributed by atoms with E-state index in [0.29, 0.717) is 22.4 Å². The van der Waals surface area contributed by atoms with Gasteiger partial charge in [-0.25, -0.2) is 9.97 Å². The van der Waals surface area contributed by atoms with Crippen LogP contribution in [0.2, 0.25) is 5.02 Å². The van der Waals surface area contributed by atoms with Crippen LogP contribution in [-0.4, -0.2) is 41.0 Å². The molecule has 0 spiro atoms. The second-order valence-corrected chi connectivity index (χ2v) is 6.45.